The second-order valence-electron chi connectivity index (χ2n) is 11.7. The van der Waals surface area contributed by atoms with Crippen LogP contribution in [0.2, 0.25) is 0 Å². The van der Waals surface area contributed by atoms with Crippen molar-refractivity contribution in [2.45, 2.75) is 142 Å². The molecule has 0 radical (unpaired) electrons. The lowest BCUT2D eigenvalue weighted by Gasteiger charge is -2.40. The summed E-state index contributed by atoms with van der Waals surface area (Å²) in [6.45, 7) is 4.70. The summed E-state index contributed by atoms with van der Waals surface area (Å²) in [4.78, 5) is 13.0. The van der Waals surface area contributed by atoms with Crippen LogP contribution in [0.3, 0.4) is 0 Å². The van der Waals surface area contributed by atoms with Crippen molar-refractivity contribution in [2.24, 2.45) is 23.2 Å². The highest BCUT2D eigenvalue weighted by Gasteiger charge is 2.48. The van der Waals surface area contributed by atoms with Crippen LogP contribution in [-0.2, 0) is 19.0 Å². The quantitative estimate of drug-likeness (QED) is 0.196. The lowest BCUT2D eigenvalue weighted by Crippen LogP contribution is -2.50. The van der Waals surface area contributed by atoms with E-state index >= 15 is 0 Å². The summed E-state index contributed by atoms with van der Waals surface area (Å²) in [6.07, 6.45) is 21.7. The number of unbranched alkanes of at least 4 members (excludes halogenated alkanes) is 6. The number of hydrogen-bond acceptors (Lipinski definition) is 5. The first-order valence-corrected chi connectivity index (χ1v) is 15.0. The van der Waals surface area contributed by atoms with Gasteiger partial charge in [-0.1, -0.05) is 78.1 Å². The normalized spacial score (nSPS) is 33.7. The van der Waals surface area contributed by atoms with Gasteiger partial charge in [0, 0.05) is 5.92 Å². The Kier molecular flexibility index (Phi) is 12.4. The molecule has 2 saturated carbocycles. The molecule has 1 heterocycles. The molecule has 0 amide bonds. The predicted octanol–water partition coefficient (Wildman–Crippen LogP) is 7.72. The standard InChI is InChI=1S/C30H51NO4/c1-3-5-7-8-10-12-25-15-19-27(20-16-25)35-29(32)30(21-31)22-33-28(34-23-30)26-17-13-24(14-18-26)11-9-6-4-2/h24-28H,3-20,22-23H2,1-2H3. The zero-order chi connectivity index (χ0) is 24.9. The van der Waals surface area contributed by atoms with Gasteiger partial charge in [0.2, 0.25) is 5.41 Å². The van der Waals surface area contributed by atoms with Crippen LogP contribution >= 0.6 is 0 Å². The van der Waals surface area contributed by atoms with Crippen molar-refractivity contribution >= 4 is 5.97 Å². The van der Waals surface area contributed by atoms with Gasteiger partial charge in [0.15, 0.2) is 6.29 Å². The third kappa shape index (κ3) is 8.74. The number of rotatable bonds is 13. The third-order valence-electron chi connectivity index (χ3n) is 8.87. The Morgan fingerprint density at radius 1 is 0.800 bits per heavy atom. The minimum Gasteiger partial charge on any atom is -0.461 e. The maximum absolute atomic E-state index is 13.0. The van der Waals surface area contributed by atoms with Crippen molar-refractivity contribution in [1.29, 1.82) is 5.26 Å². The number of hydrogen-bond donors (Lipinski definition) is 0. The maximum Gasteiger partial charge on any atom is 0.331 e. The molecule has 0 atom stereocenters. The highest BCUT2D eigenvalue weighted by atomic mass is 16.7. The van der Waals surface area contributed by atoms with Gasteiger partial charge >= 0.3 is 5.97 Å². The zero-order valence-electron chi connectivity index (χ0n) is 22.6. The van der Waals surface area contributed by atoms with Crippen molar-refractivity contribution in [1.82, 2.24) is 0 Å². The van der Waals surface area contributed by atoms with Gasteiger partial charge in [0.05, 0.1) is 19.3 Å². The fraction of sp³-hybridized carbons (Fsp3) is 0.933. The average molecular weight is 490 g/mol. The van der Waals surface area contributed by atoms with Gasteiger partial charge in [-0.3, -0.25) is 4.79 Å². The van der Waals surface area contributed by atoms with Crippen LogP contribution in [0.4, 0.5) is 0 Å². The van der Waals surface area contributed by atoms with Crippen molar-refractivity contribution in [3.05, 3.63) is 0 Å². The zero-order valence-corrected chi connectivity index (χ0v) is 22.6. The molecule has 0 unspecified atom stereocenters. The van der Waals surface area contributed by atoms with Crippen LogP contribution in [-0.4, -0.2) is 31.6 Å². The second-order valence-corrected chi connectivity index (χ2v) is 11.7. The Morgan fingerprint density at radius 3 is 1.89 bits per heavy atom. The van der Waals surface area contributed by atoms with Gasteiger partial charge in [-0.2, -0.15) is 5.26 Å². The summed E-state index contributed by atoms with van der Waals surface area (Å²) in [5.74, 6) is 1.54. The molecule has 3 rings (SSSR count). The molecular weight excluding hydrogens is 438 g/mol. The molecule has 3 aliphatic rings. The minimum absolute atomic E-state index is 0.0650. The number of esters is 1. The van der Waals surface area contributed by atoms with Crippen LogP contribution in [0.5, 0.6) is 0 Å². The summed E-state index contributed by atoms with van der Waals surface area (Å²) in [7, 11) is 0. The Balaban J connectivity index is 1.35. The maximum atomic E-state index is 13.0. The predicted molar refractivity (Wildman–Crippen MR) is 139 cm³/mol. The van der Waals surface area contributed by atoms with Crippen LogP contribution in [0.1, 0.15) is 129 Å². The molecule has 0 aromatic rings. The lowest BCUT2D eigenvalue weighted by molar-refractivity contribution is -0.247. The van der Waals surface area contributed by atoms with Crippen LogP contribution in [0, 0.1) is 34.5 Å². The molecule has 1 aliphatic heterocycles. The van der Waals surface area contributed by atoms with E-state index < -0.39 is 11.4 Å². The Morgan fingerprint density at radius 2 is 1.31 bits per heavy atom. The van der Waals surface area contributed by atoms with E-state index in [9.17, 15) is 10.1 Å². The van der Waals surface area contributed by atoms with Crippen molar-refractivity contribution in [3.63, 3.8) is 0 Å². The fourth-order valence-corrected chi connectivity index (χ4v) is 6.31. The first kappa shape index (κ1) is 28.5. The molecular formula is C30H51NO4. The summed E-state index contributed by atoms with van der Waals surface area (Å²) >= 11 is 0. The molecule has 0 N–H and O–H groups in total. The Hall–Kier alpha value is -1.12. The van der Waals surface area contributed by atoms with E-state index in [1.54, 1.807) is 0 Å². The molecule has 2 aliphatic carbocycles. The SMILES string of the molecule is CCCCCCCC1CCC(OC(=O)C2(C#N)COC(C3CCC(CCCCC)CC3)OC2)CC1. The van der Waals surface area contributed by atoms with Crippen molar-refractivity contribution < 1.29 is 19.0 Å². The highest BCUT2D eigenvalue weighted by molar-refractivity contribution is 5.80. The molecule has 200 valence electrons. The molecule has 0 bridgehead atoms. The summed E-state index contributed by atoms with van der Waals surface area (Å²) < 4.78 is 17.9. The first-order chi connectivity index (χ1) is 17.1. The number of carbonyl (C=O) groups excluding carboxylic acids is 1. The molecule has 0 aromatic carbocycles. The van der Waals surface area contributed by atoms with Gasteiger partial charge < -0.3 is 14.2 Å². The number of nitrogens with zero attached hydrogens (tertiary/aromatic N) is 1. The third-order valence-corrected chi connectivity index (χ3v) is 8.87. The van der Waals surface area contributed by atoms with E-state index in [2.05, 4.69) is 19.9 Å². The molecule has 0 spiro atoms. The molecule has 35 heavy (non-hydrogen) atoms. The fourth-order valence-electron chi connectivity index (χ4n) is 6.31. The van der Waals surface area contributed by atoms with Gasteiger partial charge in [0.25, 0.3) is 0 Å². The monoisotopic (exact) mass is 489 g/mol. The Bertz CT molecular complexity index is 635. The van der Waals surface area contributed by atoms with Gasteiger partial charge in [-0.25, -0.2) is 0 Å². The molecule has 5 heteroatoms. The van der Waals surface area contributed by atoms with E-state index in [1.165, 1.54) is 77.0 Å². The smallest absolute Gasteiger partial charge is 0.331 e. The Labute approximate surface area is 214 Å². The van der Waals surface area contributed by atoms with Crippen LogP contribution in [0.15, 0.2) is 0 Å². The highest BCUT2D eigenvalue weighted by Crippen LogP contribution is 2.38. The minimum atomic E-state index is -1.32. The number of nitriles is 1. The average Bonchev–Trinajstić information content (AvgIpc) is 2.90. The van der Waals surface area contributed by atoms with E-state index in [1.807, 2.05) is 0 Å². The van der Waals surface area contributed by atoms with Crippen molar-refractivity contribution in [2.75, 3.05) is 13.2 Å². The van der Waals surface area contributed by atoms with Gasteiger partial charge in [0.1, 0.15) is 6.10 Å². The van der Waals surface area contributed by atoms with E-state index in [4.69, 9.17) is 14.2 Å². The molecule has 3 fully saturated rings. The molecule has 5 nitrogen and oxygen atoms in total. The summed E-state index contributed by atoms with van der Waals surface area (Å²) in [5.41, 5.74) is -1.32. The summed E-state index contributed by atoms with van der Waals surface area (Å²) in [6, 6.07) is 2.19. The van der Waals surface area contributed by atoms with Gasteiger partial charge in [-0.05, 0) is 63.2 Å². The van der Waals surface area contributed by atoms with E-state index in [0.717, 1.165) is 50.4 Å². The van der Waals surface area contributed by atoms with Crippen LogP contribution in [0.25, 0.3) is 0 Å². The number of carbonyl (C=O) groups is 1. The summed E-state index contributed by atoms with van der Waals surface area (Å²) in [5, 5.41) is 9.87. The molecule has 1 saturated heterocycles. The van der Waals surface area contributed by atoms with E-state index in [0.29, 0.717) is 5.92 Å². The number of ether oxygens (including phenoxy) is 3. The molecule has 0 aromatic heterocycles. The topological polar surface area (TPSA) is 68.6 Å². The first-order valence-electron chi connectivity index (χ1n) is 15.0. The van der Waals surface area contributed by atoms with E-state index in [-0.39, 0.29) is 25.6 Å². The second kappa shape index (κ2) is 15.2. The van der Waals surface area contributed by atoms with Crippen LogP contribution < -0.4 is 0 Å². The van der Waals surface area contributed by atoms with Crippen molar-refractivity contribution in [3.8, 4) is 6.07 Å². The lowest BCUT2D eigenvalue weighted by atomic mass is 9.79. The largest absolute Gasteiger partial charge is 0.461 e. The van der Waals surface area contributed by atoms with Gasteiger partial charge in [-0.15, -0.1) is 0 Å².